The summed E-state index contributed by atoms with van der Waals surface area (Å²) in [5.74, 6) is 0.965. The van der Waals surface area contributed by atoms with E-state index >= 15 is 0 Å². The van der Waals surface area contributed by atoms with E-state index in [-0.39, 0.29) is 0 Å². The molecule has 21 heavy (non-hydrogen) atoms. The summed E-state index contributed by atoms with van der Waals surface area (Å²) in [6.45, 7) is 10.5. The number of hydrogen-bond donors (Lipinski definition) is 1. The molecule has 1 N–H and O–H groups in total. The SMILES string of the molecule is CCOc1ccccc1NC1CCN(CC=C(C)C)CC1. The van der Waals surface area contributed by atoms with Crippen molar-refractivity contribution in [2.75, 3.05) is 31.6 Å². The molecule has 1 aromatic rings. The topological polar surface area (TPSA) is 24.5 Å². The zero-order valence-electron chi connectivity index (χ0n) is 13.6. The van der Waals surface area contributed by atoms with Gasteiger partial charge in [0.05, 0.1) is 12.3 Å². The predicted octanol–water partition coefficient (Wildman–Crippen LogP) is 3.93. The number of piperidine rings is 1. The summed E-state index contributed by atoms with van der Waals surface area (Å²) in [5, 5.41) is 3.65. The number of anilines is 1. The van der Waals surface area contributed by atoms with E-state index in [4.69, 9.17) is 4.74 Å². The molecule has 0 atom stereocenters. The minimum Gasteiger partial charge on any atom is -0.492 e. The molecular weight excluding hydrogens is 260 g/mol. The maximum absolute atomic E-state index is 5.68. The molecule has 1 fully saturated rings. The largest absolute Gasteiger partial charge is 0.492 e. The first kappa shape index (κ1) is 15.9. The first-order chi connectivity index (χ1) is 10.2. The summed E-state index contributed by atoms with van der Waals surface area (Å²) in [6.07, 6.45) is 4.70. The van der Waals surface area contributed by atoms with Crippen molar-refractivity contribution in [3.8, 4) is 5.75 Å². The molecule has 0 aliphatic carbocycles. The molecular formula is C18H28N2O. The van der Waals surface area contributed by atoms with E-state index in [0.29, 0.717) is 12.6 Å². The summed E-state index contributed by atoms with van der Waals surface area (Å²) in [4.78, 5) is 2.53. The Labute approximate surface area is 129 Å². The molecule has 0 saturated carbocycles. The lowest BCUT2D eigenvalue weighted by atomic mass is 10.0. The summed E-state index contributed by atoms with van der Waals surface area (Å²) >= 11 is 0. The van der Waals surface area contributed by atoms with Gasteiger partial charge in [-0.25, -0.2) is 0 Å². The van der Waals surface area contributed by atoms with Crippen molar-refractivity contribution in [2.24, 2.45) is 0 Å². The minimum atomic E-state index is 0.551. The van der Waals surface area contributed by atoms with Crippen LogP contribution in [0.2, 0.25) is 0 Å². The van der Waals surface area contributed by atoms with Crippen LogP contribution in [0.5, 0.6) is 5.75 Å². The molecule has 0 spiro atoms. The van der Waals surface area contributed by atoms with Gasteiger partial charge in [-0.3, -0.25) is 4.90 Å². The van der Waals surface area contributed by atoms with Crippen LogP contribution in [0.15, 0.2) is 35.9 Å². The molecule has 1 aliphatic heterocycles. The average molecular weight is 288 g/mol. The first-order valence-electron chi connectivity index (χ1n) is 8.03. The van der Waals surface area contributed by atoms with Gasteiger partial charge in [-0.05, 0) is 45.7 Å². The first-order valence-corrected chi connectivity index (χ1v) is 8.03. The number of benzene rings is 1. The van der Waals surface area contributed by atoms with Gasteiger partial charge >= 0.3 is 0 Å². The van der Waals surface area contributed by atoms with Crippen LogP contribution in [0, 0.1) is 0 Å². The summed E-state index contributed by atoms with van der Waals surface area (Å²) in [5.41, 5.74) is 2.53. The third-order valence-electron chi connectivity index (χ3n) is 3.89. The van der Waals surface area contributed by atoms with Gasteiger partial charge in [0.2, 0.25) is 0 Å². The van der Waals surface area contributed by atoms with Crippen LogP contribution in [-0.2, 0) is 0 Å². The number of hydrogen-bond acceptors (Lipinski definition) is 3. The third-order valence-corrected chi connectivity index (χ3v) is 3.89. The van der Waals surface area contributed by atoms with E-state index in [1.165, 1.54) is 18.4 Å². The van der Waals surface area contributed by atoms with Gasteiger partial charge in [-0.1, -0.05) is 23.8 Å². The van der Waals surface area contributed by atoms with E-state index in [1.807, 2.05) is 19.1 Å². The number of nitrogens with zero attached hydrogens (tertiary/aromatic N) is 1. The molecule has 0 aromatic heterocycles. The van der Waals surface area contributed by atoms with Crippen LogP contribution in [0.4, 0.5) is 5.69 Å². The molecule has 1 heterocycles. The Balaban J connectivity index is 1.85. The van der Waals surface area contributed by atoms with Gasteiger partial charge in [0, 0.05) is 25.7 Å². The fourth-order valence-electron chi connectivity index (χ4n) is 2.66. The summed E-state index contributed by atoms with van der Waals surface area (Å²) < 4.78 is 5.68. The van der Waals surface area contributed by atoms with Crippen molar-refractivity contribution < 1.29 is 4.74 Å². The molecule has 1 saturated heterocycles. The Morgan fingerprint density at radius 3 is 2.67 bits per heavy atom. The Hall–Kier alpha value is -1.48. The standard InChI is InChI=1S/C18H28N2O/c1-4-21-18-8-6-5-7-17(18)19-16-10-13-20(14-11-16)12-9-15(2)3/h5-9,16,19H,4,10-14H2,1-3H3. The lowest BCUT2D eigenvalue weighted by molar-refractivity contribution is 0.239. The molecule has 0 amide bonds. The highest BCUT2D eigenvalue weighted by molar-refractivity contribution is 5.56. The molecule has 1 aliphatic rings. The van der Waals surface area contributed by atoms with Crippen LogP contribution >= 0.6 is 0 Å². The highest BCUT2D eigenvalue weighted by Crippen LogP contribution is 2.26. The fraction of sp³-hybridized carbons (Fsp3) is 0.556. The van der Waals surface area contributed by atoms with E-state index in [9.17, 15) is 0 Å². The second-order valence-electron chi connectivity index (χ2n) is 5.93. The minimum absolute atomic E-state index is 0.551. The summed E-state index contributed by atoms with van der Waals surface area (Å²) in [6, 6.07) is 8.79. The van der Waals surface area contributed by atoms with E-state index in [1.54, 1.807) is 0 Å². The highest BCUT2D eigenvalue weighted by Gasteiger charge is 2.19. The number of rotatable bonds is 6. The molecule has 0 bridgehead atoms. The van der Waals surface area contributed by atoms with Gasteiger partial charge in [0.15, 0.2) is 0 Å². The number of para-hydroxylation sites is 2. The van der Waals surface area contributed by atoms with Crippen molar-refractivity contribution >= 4 is 5.69 Å². The average Bonchev–Trinajstić information content (AvgIpc) is 2.49. The van der Waals surface area contributed by atoms with Gasteiger partial charge in [-0.15, -0.1) is 0 Å². The monoisotopic (exact) mass is 288 g/mol. The number of likely N-dealkylation sites (tertiary alicyclic amines) is 1. The van der Waals surface area contributed by atoms with Crippen LogP contribution in [0.1, 0.15) is 33.6 Å². The van der Waals surface area contributed by atoms with E-state index < -0.39 is 0 Å². The predicted molar refractivity (Wildman–Crippen MR) is 90.1 cm³/mol. The Kier molecular flexibility index (Phi) is 6.12. The maximum atomic E-state index is 5.68. The second-order valence-corrected chi connectivity index (χ2v) is 5.93. The maximum Gasteiger partial charge on any atom is 0.142 e. The Morgan fingerprint density at radius 2 is 2.00 bits per heavy atom. The van der Waals surface area contributed by atoms with Crippen LogP contribution in [-0.4, -0.2) is 37.2 Å². The molecule has 116 valence electrons. The molecule has 3 heteroatoms. The molecule has 3 nitrogen and oxygen atoms in total. The normalized spacial score (nSPS) is 16.5. The van der Waals surface area contributed by atoms with E-state index in [2.05, 4.69) is 42.3 Å². The van der Waals surface area contributed by atoms with Gasteiger partial charge in [0.1, 0.15) is 5.75 Å². The number of ether oxygens (including phenoxy) is 1. The third kappa shape index (κ3) is 5.09. The van der Waals surface area contributed by atoms with Crippen molar-refractivity contribution in [1.29, 1.82) is 0 Å². The summed E-state index contributed by atoms with van der Waals surface area (Å²) in [7, 11) is 0. The molecule has 0 unspecified atom stereocenters. The van der Waals surface area contributed by atoms with Gasteiger partial charge in [0.25, 0.3) is 0 Å². The molecule has 2 rings (SSSR count). The van der Waals surface area contributed by atoms with Crippen molar-refractivity contribution in [2.45, 2.75) is 39.7 Å². The smallest absolute Gasteiger partial charge is 0.142 e. The molecule has 0 radical (unpaired) electrons. The Bertz CT molecular complexity index is 458. The quantitative estimate of drug-likeness (QED) is 0.803. The Morgan fingerprint density at radius 1 is 1.29 bits per heavy atom. The van der Waals surface area contributed by atoms with Crippen LogP contribution in [0.25, 0.3) is 0 Å². The van der Waals surface area contributed by atoms with Gasteiger partial charge < -0.3 is 10.1 Å². The van der Waals surface area contributed by atoms with Crippen molar-refractivity contribution in [3.63, 3.8) is 0 Å². The number of nitrogens with one attached hydrogen (secondary N) is 1. The van der Waals surface area contributed by atoms with E-state index in [0.717, 1.165) is 31.1 Å². The lowest BCUT2D eigenvalue weighted by Gasteiger charge is -2.32. The second kappa shape index (κ2) is 8.08. The van der Waals surface area contributed by atoms with Crippen molar-refractivity contribution in [1.82, 2.24) is 4.90 Å². The van der Waals surface area contributed by atoms with Crippen molar-refractivity contribution in [3.05, 3.63) is 35.9 Å². The zero-order chi connectivity index (χ0) is 15.1. The fourth-order valence-corrected chi connectivity index (χ4v) is 2.66. The van der Waals surface area contributed by atoms with Crippen LogP contribution in [0.3, 0.4) is 0 Å². The number of allylic oxidation sites excluding steroid dienone is 1. The lowest BCUT2D eigenvalue weighted by Crippen LogP contribution is -2.39. The highest BCUT2D eigenvalue weighted by atomic mass is 16.5. The van der Waals surface area contributed by atoms with Gasteiger partial charge in [-0.2, -0.15) is 0 Å². The van der Waals surface area contributed by atoms with Crippen LogP contribution < -0.4 is 10.1 Å². The molecule has 1 aromatic carbocycles. The zero-order valence-corrected chi connectivity index (χ0v) is 13.6.